The average molecular weight is 671 g/mol. The zero-order chi connectivity index (χ0) is 35.3. The molecule has 8 aromatic rings. The molecule has 0 aliphatic rings. The van der Waals surface area contributed by atoms with Gasteiger partial charge in [-0.05, 0) is 25.0 Å². The Bertz CT molecular complexity index is 2300. The summed E-state index contributed by atoms with van der Waals surface area (Å²) in [6.45, 7) is 4.15. The molecule has 2 heterocycles. The van der Waals surface area contributed by atoms with E-state index in [9.17, 15) is 0 Å². The van der Waals surface area contributed by atoms with Gasteiger partial charge in [-0.15, -0.1) is 0 Å². The highest BCUT2D eigenvalue weighted by Crippen LogP contribution is 2.27. The first-order chi connectivity index (χ1) is 25.5. The van der Waals surface area contributed by atoms with Gasteiger partial charge in [-0.2, -0.15) is 0 Å². The van der Waals surface area contributed by atoms with Crippen molar-refractivity contribution in [2.45, 2.75) is 13.8 Å². The molecule has 0 radical (unpaired) electrons. The van der Waals surface area contributed by atoms with E-state index in [0.29, 0.717) is 34.9 Å². The van der Waals surface area contributed by atoms with Gasteiger partial charge in [0.15, 0.2) is 34.9 Å². The van der Waals surface area contributed by atoms with E-state index in [-0.39, 0.29) is 0 Å². The second-order valence-electron chi connectivity index (χ2n) is 12.7. The molecule has 0 bridgehead atoms. The molecule has 6 heteroatoms. The molecule has 0 aliphatic carbocycles. The monoisotopic (exact) mass is 670 g/mol. The van der Waals surface area contributed by atoms with E-state index >= 15 is 0 Å². The minimum atomic E-state index is 0.634. The first-order valence-corrected chi connectivity index (χ1v) is 17.2. The third-order valence-electron chi connectivity index (χ3n) is 8.76. The van der Waals surface area contributed by atoms with Crippen LogP contribution in [0.15, 0.2) is 158 Å². The van der Waals surface area contributed by atoms with Crippen LogP contribution in [-0.2, 0) is 0 Å². The van der Waals surface area contributed by atoms with Gasteiger partial charge >= 0.3 is 0 Å². The Morgan fingerprint density at radius 1 is 0.269 bits per heavy atom. The highest BCUT2D eigenvalue weighted by molar-refractivity contribution is 5.74. The molecule has 2 aromatic heterocycles. The highest BCUT2D eigenvalue weighted by Gasteiger charge is 2.14. The van der Waals surface area contributed by atoms with E-state index in [2.05, 4.69) is 123 Å². The molecule has 8 rings (SSSR count). The van der Waals surface area contributed by atoms with Crippen LogP contribution >= 0.6 is 0 Å². The van der Waals surface area contributed by atoms with Crippen LogP contribution in [-0.4, -0.2) is 29.9 Å². The van der Waals surface area contributed by atoms with Crippen LogP contribution in [0.4, 0.5) is 0 Å². The largest absolute Gasteiger partial charge is 0.208 e. The van der Waals surface area contributed by atoms with Gasteiger partial charge in [0.05, 0.1) is 0 Å². The Morgan fingerprint density at radius 2 is 0.500 bits per heavy atom. The first-order valence-electron chi connectivity index (χ1n) is 17.2. The van der Waals surface area contributed by atoms with Crippen LogP contribution in [0.2, 0.25) is 0 Å². The van der Waals surface area contributed by atoms with Gasteiger partial charge in [0.1, 0.15) is 0 Å². The standard InChI is InChI=1S/C46H34N6/c1-31-13-23-37(24-14-31)43-47-41(35-9-5-3-6-10-35)49-45(51-43)39-27-19-33(20-28-39)17-18-34-21-29-40(30-22-34)46-50-42(36-11-7-4-8-12-36)48-44(52-46)38-25-15-32(2)16-26-38/h3-30H,1-2H3. The molecular weight excluding hydrogens is 637 g/mol. The van der Waals surface area contributed by atoms with E-state index in [1.54, 1.807) is 0 Å². The summed E-state index contributed by atoms with van der Waals surface area (Å²) in [5, 5.41) is 0. The Kier molecular flexibility index (Phi) is 9.01. The Hall–Kier alpha value is -6.92. The predicted octanol–water partition coefficient (Wildman–Crippen LogP) is 10.8. The van der Waals surface area contributed by atoms with Gasteiger partial charge in [-0.1, -0.05) is 181 Å². The van der Waals surface area contributed by atoms with E-state index in [1.165, 1.54) is 11.1 Å². The fourth-order valence-electron chi connectivity index (χ4n) is 5.79. The molecule has 6 aromatic carbocycles. The normalized spacial score (nSPS) is 11.2. The molecule has 0 saturated carbocycles. The van der Waals surface area contributed by atoms with Crippen molar-refractivity contribution in [1.82, 2.24) is 29.9 Å². The van der Waals surface area contributed by atoms with Crippen molar-refractivity contribution in [1.29, 1.82) is 0 Å². The number of benzene rings is 6. The van der Waals surface area contributed by atoms with Crippen molar-refractivity contribution in [2.24, 2.45) is 0 Å². The summed E-state index contributed by atoms with van der Waals surface area (Å²) >= 11 is 0. The average Bonchev–Trinajstić information content (AvgIpc) is 3.21. The Balaban J connectivity index is 1.04. The van der Waals surface area contributed by atoms with Crippen molar-refractivity contribution in [3.05, 3.63) is 180 Å². The molecule has 0 fully saturated rings. The summed E-state index contributed by atoms with van der Waals surface area (Å²) in [4.78, 5) is 29.2. The molecule has 0 aliphatic heterocycles. The van der Waals surface area contributed by atoms with Gasteiger partial charge in [-0.3, -0.25) is 0 Å². The number of hydrogen-bond donors (Lipinski definition) is 0. The number of hydrogen-bond acceptors (Lipinski definition) is 6. The molecule has 248 valence electrons. The number of aryl methyl sites for hydroxylation is 2. The smallest absolute Gasteiger partial charge is 0.164 e. The maximum Gasteiger partial charge on any atom is 0.164 e. The van der Waals surface area contributed by atoms with Crippen molar-refractivity contribution >= 4 is 12.2 Å². The van der Waals surface area contributed by atoms with Gasteiger partial charge in [0, 0.05) is 33.4 Å². The first kappa shape index (κ1) is 32.3. The van der Waals surface area contributed by atoms with E-state index < -0.39 is 0 Å². The molecule has 52 heavy (non-hydrogen) atoms. The molecule has 0 saturated heterocycles. The zero-order valence-electron chi connectivity index (χ0n) is 28.8. The fourth-order valence-corrected chi connectivity index (χ4v) is 5.79. The summed E-state index contributed by atoms with van der Waals surface area (Å²) < 4.78 is 0. The molecule has 0 atom stereocenters. The topological polar surface area (TPSA) is 77.3 Å². The van der Waals surface area contributed by atoms with Crippen LogP contribution in [0.3, 0.4) is 0 Å². The van der Waals surface area contributed by atoms with Crippen LogP contribution in [0.5, 0.6) is 0 Å². The lowest BCUT2D eigenvalue weighted by atomic mass is 10.1. The third-order valence-corrected chi connectivity index (χ3v) is 8.76. The molecule has 6 nitrogen and oxygen atoms in total. The number of nitrogens with zero attached hydrogens (tertiary/aromatic N) is 6. The maximum atomic E-state index is 4.88. The third kappa shape index (κ3) is 7.32. The minimum Gasteiger partial charge on any atom is -0.208 e. The van der Waals surface area contributed by atoms with Crippen LogP contribution < -0.4 is 0 Å². The van der Waals surface area contributed by atoms with Crippen molar-refractivity contribution < 1.29 is 0 Å². The zero-order valence-corrected chi connectivity index (χ0v) is 28.8. The summed E-state index contributed by atoms with van der Waals surface area (Å²) in [5.74, 6) is 3.86. The van der Waals surface area contributed by atoms with Gasteiger partial charge in [0.2, 0.25) is 0 Å². The summed E-state index contributed by atoms with van der Waals surface area (Å²) in [7, 11) is 0. The Morgan fingerprint density at radius 3 is 0.769 bits per heavy atom. The SMILES string of the molecule is Cc1ccc(-c2nc(-c3ccccc3)nc(-c3ccc(C=Cc4ccc(-c5nc(-c6ccccc6)nc(-c6ccc(C)cc6)n5)cc4)cc3)n2)cc1. The Labute approximate surface area is 303 Å². The van der Waals surface area contributed by atoms with Crippen LogP contribution in [0, 0.1) is 13.8 Å². The van der Waals surface area contributed by atoms with Crippen molar-refractivity contribution in [2.75, 3.05) is 0 Å². The van der Waals surface area contributed by atoms with Gasteiger partial charge in [-0.25, -0.2) is 29.9 Å². The second-order valence-corrected chi connectivity index (χ2v) is 12.7. The molecule has 0 amide bonds. The number of rotatable bonds is 8. The molecular formula is C46H34N6. The summed E-state index contributed by atoms with van der Waals surface area (Å²) in [6.07, 6.45) is 4.20. The molecule has 0 spiro atoms. The van der Waals surface area contributed by atoms with Gasteiger partial charge in [0.25, 0.3) is 0 Å². The lowest BCUT2D eigenvalue weighted by molar-refractivity contribution is 1.07. The van der Waals surface area contributed by atoms with E-state index in [0.717, 1.165) is 44.5 Å². The van der Waals surface area contributed by atoms with Crippen LogP contribution in [0.1, 0.15) is 22.3 Å². The lowest BCUT2D eigenvalue weighted by Gasteiger charge is -2.09. The van der Waals surface area contributed by atoms with E-state index in [1.807, 2.05) is 60.7 Å². The maximum absolute atomic E-state index is 4.88. The minimum absolute atomic E-state index is 0.634. The predicted molar refractivity (Wildman–Crippen MR) is 211 cm³/mol. The highest BCUT2D eigenvalue weighted by atomic mass is 15.0. The van der Waals surface area contributed by atoms with E-state index in [4.69, 9.17) is 29.9 Å². The molecule has 0 unspecified atom stereocenters. The summed E-state index contributed by atoms with van der Waals surface area (Å²) in [5.41, 5.74) is 10.2. The van der Waals surface area contributed by atoms with Crippen LogP contribution in [0.25, 0.3) is 80.5 Å². The number of aromatic nitrogens is 6. The molecule has 0 N–H and O–H groups in total. The van der Waals surface area contributed by atoms with Crippen molar-refractivity contribution in [3.8, 4) is 68.3 Å². The quantitative estimate of drug-likeness (QED) is 0.150. The lowest BCUT2D eigenvalue weighted by Crippen LogP contribution is -2.00. The second kappa shape index (κ2) is 14.5. The van der Waals surface area contributed by atoms with Gasteiger partial charge < -0.3 is 0 Å². The fraction of sp³-hybridized carbons (Fsp3) is 0.0435. The van der Waals surface area contributed by atoms with Crippen molar-refractivity contribution in [3.63, 3.8) is 0 Å². The summed E-state index contributed by atoms with van der Waals surface area (Å²) in [6, 6.07) is 53.1.